The Morgan fingerprint density at radius 1 is 1.41 bits per heavy atom. The number of anilines is 1. The van der Waals surface area contributed by atoms with Crippen LogP contribution in [-0.4, -0.2) is 36.5 Å². The molecular formula is C16H21N3O3. The molecule has 3 amide bonds. The molecule has 0 aromatic heterocycles. The number of amides is 3. The van der Waals surface area contributed by atoms with Gasteiger partial charge in [0.1, 0.15) is 5.75 Å². The molecule has 0 saturated heterocycles. The van der Waals surface area contributed by atoms with Crippen LogP contribution in [0.5, 0.6) is 5.75 Å². The van der Waals surface area contributed by atoms with Gasteiger partial charge in [0, 0.05) is 12.2 Å². The average molecular weight is 303 g/mol. The first-order chi connectivity index (χ1) is 10.4. The minimum Gasteiger partial charge on any atom is -0.496 e. The standard InChI is InChI=1S/C16H21N3O3/c1-10(2)13-5-4-8-19(13)16(21)18-11-6-7-14(22-3)12(9-11)15(17)20/h4-7,9-10,13H,8H2,1-3H3,(H2,17,20)(H,18,21)/t13-/m0/s1. The highest BCUT2D eigenvalue weighted by Crippen LogP contribution is 2.24. The zero-order chi connectivity index (χ0) is 16.3. The van der Waals surface area contributed by atoms with E-state index in [1.54, 1.807) is 17.0 Å². The fraction of sp³-hybridized carbons (Fsp3) is 0.375. The number of carbonyl (C=O) groups excluding carboxylic acids is 2. The molecule has 1 atom stereocenters. The smallest absolute Gasteiger partial charge is 0.322 e. The Hall–Kier alpha value is -2.50. The van der Waals surface area contributed by atoms with Gasteiger partial charge in [-0.05, 0) is 24.1 Å². The van der Waals surface area contributed by atoms with E-state index in [2.05, 4.69) is 19.2 Å². The summed E-state index contributed by atoms with van der Waals surface area (Å²) in [7, 11) is 1.46. The Kier molecular flexibility index (Phi) is 4.70. The van der Waals surface area contributed by atoms with Gasteiger partial charge in [-0.2, -0.15) is 0 Å². The first-order valence-electron chi connectivity index (χ1n) is 7.16. The van der Waals surface area contributed by atoms with Gasteiger partial charge in [-0.25, -0.2) is 4.79 Å². The van der Waals surface area contributed by atoms with Crippen LogP contribution in [0.4, 0.5) is 10.5 Å². The van der Waals surface area contributed by atoms with Crippen molar-refractivity contribution in [2.24, 2.45) is 11.7 Å². The monoisotopic (exact) mass is 303 g/mol. The molecule has 22 heavy (non-hydrogen) atoms. The Labute approximate surface area is 129 Å². The summed E-state index contributed by atoms with van der Waals surface area (Å²) in [5, 5.41) is 2.80. The van der Waals surface area contributed by atoms with Crippen molar-refractivity contribution in [3.05, 3.63) is 35.9 Å². The van der Waals surface area contributed by atoms with Gasteiger partial charge in [-0.15, -0.1) is 0 Å². The van der Waals surface area contributed by atoms with Crippen LogP contribution in [0.1, 0.15) is 24.2 Å². The first-order valence-corrected chi connectivity index (χ1v) is 7.16. The third-order valence-electron chi connectivity index (χ3n) is 3.66. The average Bonchev–Trinajstić information content (AvgIpc) is 2.96. The van der Waals surface area contributed by atoms with E-state index in [1.165, 1.54) is 13.2 Å². The van der Waals surface area contributed by atoms with Crippen LogP contribution in [-0.2, 0) is 0 Å². The summed E-state index contributed by atoms with van der Waals surface area (Å²) in [6.45, 7) is 4.71. The van der Waals surface area contributed by atoms with Crippen molar-refractivity contribution >= 4 is 17.6 Å². The molecular weight excluding hydrogens is 282 g/mol. The topological polar surface area (TPSA) is 84.7 Å². The molecule has 0 bridgehead atoms. The summed E-state index contributed by atoms with van der Waals surface area (Å²) in [6.07, 6.45) is 4.01. The Morgan fingerprint density at radius 2 is 2.14 bits per heavy atom. The molecule has 0 fully saturated rings. The molecule has 0 spiro atoms. The number of benzene rings is 1. The molecule has 1 aliphatic heterocycles. The molecule has 1 heterocycles. The number of carbonyl (C=O) groups is 2. The number of urea groups is 1. The Morgan fingerprint density at radius 3 is 2.73 bits per heavy atom. The number of nitrogens with zero attached hydrogens (tertiary/aromatic N) is 1. The molecule has 3 N–H and O–H groups in total. The summed E-state index contributed by atoms with van der Waals surface area (Å²) < 4.78 is 5.08. The quantitative estimate of drug-likeness (QED) is 0.836. The van der Waals surface area contributed by atoms with Gasteiger partial charge < -0.3 is 20.7 Å². The number of ether oxygens (including phenoxy) is 1. The van der Waals surface area contributed by atoms with Crippen LogP contribution >= 0.6 is 0 Å². The van der Waals surface area contributed by atoms with Crippen LogP contribution in [0.15, 0.2) is 30.4 Å². The summed E-state index contributed by atoms with van der Waals surface area (Å²) in [5.74, 6) is 0.116. The van der Waals surface area contributed by atoms with Crippen LogP contribution in [0, 0.1) is 5.92 Å². The van der Waals surface area contributed by atoms with Crippen LogP contribution in [0.25, 0.3) is 0 Å². The highest BCUT2D eigenvalue weighted by atomic mass is 16.5. The van der Waals surface area contributed by atoms with E-state index in [0.29, 0.717) is 23.9 Å². The lowest BCUT2D eigenvalue weighted by molar-refractivity contribution is 0.0997. The molecule has 1 aromatic rings. The van der Waals surface area contributed by atoms with Gasteiger partial charge >= 0.3 is 6.03 Å². The zero-order valence-electron chi connectivity index (χ0n) is 13.0. The fourth-order valence-electron chi connectivity index (χ4n) is 2.51. The number of primary amides is 1. The van der Waals surface area contributed by atoms with Crippen molar-refractivity contribution in [3.8, 4) is 5.75 Å². The van der Waals surface area contributed by atoms with Crippen LogP contribution in [0.2, 0.25) is 0 Å². The lowest BCUT2D eigenvalue weighted by atomic mass is 10.1. The minimum absolute atomic E-state index is 0.0776. The van der Waals surface area contributed by atoms with Crippen molar-refractivity contribution in [3.63, 3.8) is 0 Å². The molecule has 6 heteroatoms. The van der Waals surface area contributed by atoms with Gasteiger partial charge in [0.2, 0.25) is 0 Å². The zero-order valence-corrected chi connectivity index (χ0v) is 13.0. The largest absolute Gasteiger partial charge is 0.496 e. The number of hydrogen-bond donors (Lipinski definition) is 2. The van der Waals surface area contributed by atoms with Gasteiger partial charge in [0.05, 0.1) is 18.7 Å². The van der Waals surface area contributed by atoms with Crippen molar-refractivity contribution in [2.75, 3.05) is 19.0 Å². The second-order valence-electron chi connectivity index (χ2n) is 5.52. The summed E-state index contributed by atoms with van der Waals surface area (Å²) in [6, 6.07) is 4.68. The second kappa shape index (κ2) is 6.51. The van der Waals surface area contributed by atoms with Gasteiger partial charge in [-0.1, -0.05) is 26.0 Å². The van der Waals surface area contributed by atoms with E-state index >= 15 is 0 Å². The lowest BCUT2D eigenvalue weighted by Gasteiger charge is -2.27. The third kappa shape index (κ3) is 3.21. The maximum atomic E-state index is 12.4. The number of rotatable bonds is 4. The van der Waals surface area contributed by atoms with E-state index in [4.69, 9.17) is 10.5 Å². The molecule has 0 unspecified atom stereocenters. The van der Waals surface area contributed by atoms with Gasteiger partial charge in [0.25, 0.3) is 5.91 Å². The van der Waals surface area contributed by atoms with Gasteiger partial charge in [-0.3, -0.25) is 4.79 Å². The predicted molar refractivity (Wildman–Crippen MR) is 85.0 cm³/mol. The highest BCUT2D eigenvalue weighted by Gasteiger charge is 2.27. The molecule has 1 aromatic carbocycles. The lowest BCUT2D eigenvalue weighted by Crippen LogP contribution is -2.41. The normalized spacial score (nSPS) is 16.9. The van der Waals surface area contributed by atoms with Crippen LogP contribution in [0.3, 0.4) is 0 Å². The van der Waals surface area contributed by atoms with Crippen molar-refractivity contribution in [1.29, 1.82) is 0 Å². The van der Waals surface area contributed by atoms with E-state index in [-0.39, 0.29) is 17.6 Å². The highest BCUT2D eigenvalue weighted by molar-refractivity contribution is 5.98. The predicted octanol–water partition coefficient (Wildman–Crippen LogP) is 2.22. The molecule has 118 valence electrons. The molecule has 1 aliphatic rings. The Balaban J connectivity index is 2.15. The number of methoxy groups -OCH3 is 1. The van der Waals surface area contributed by atoms with E-state index in [9.17, 15) is 9.59 Å². The van der Waals surface area contributed by atoms with E-state index in [1.807, 2.05) is 12.2 Å². The molecule has 0 saturated carbocycles. The van der Waals surface area contributed by atoms with Gasteiger partial charge in [0.15, 0.2) is 0 Å². The Bertz CT molecular complexity index is 611. The van der Waals surface area contributed by atoms with Crippen molar-refractivity contribution in [2.45, 2.75) is 19.9 Å². The van der Waals surface area contributed by atoms with Crippen LogP contribution < -0.4 is 15.8 Å². The molecule has 2 rings (SSSR count). The summed E-state index contributed by atoms with van der Waals surface area (Å²) >= 11 is 0. The first kappa shape index (κ1) is 15.9. The van der Waals surface area contributed by atoms with E-state index < -0.39 is 5.91 Å². The van der Waals surface area contributed by atoms with E-state index in [0.717, 1.165) is 0 Å². The van der Waals surface area contributed by atoms with Crippen molar-refractivity contribution < 1.29 is 14.3 Å². The maximum Gasteiger partial charge on any atom is 0.322 e. The fourth-order valence-corrected chi connectivity index (χ4v) is 2.51. The SMILES string of the molecule is COc1ccc(NC(=O)N2CC=C[C@H]2C(C)C)cc1C(N)=O. The number of nitrogens with one attached hydrogen (secondary N) is 1. The van der Waals surface area contributed by atoms with Crippen molar-refractivity contribution in [1.82, 2.24) is 4.90 Å². The molecule has 0 aliphatic carbocycles. The maximum absolute atomic E-state index is 12.4. The number of hydrogen-bond acceptors (Lipinski definition) is 3. The molecule has 6 nitrogen and oxygen atoms in total. The summed E-state index contributed by atoms with van der Waals surface area (Å²) in [4.78, 5) is 25.6. The number of nitrogens with two attached hydrogens (primary N) is 1. The second-order valence-corrected chi connectivity index (χ2v) is 5.52. The third-order valence-corrected chi connectivity index (χ3v) is 3.66. The minimum atomic E-state index is -0.601. The molecule has 0 radical (unpaired) electrons. The summed E-state index contributed by atoms with van der Waals surface area (Å²) in [5.41, 5.74) is 6.07.